The Bertz CT molecular complexity index is 784. The molecule has 0 aliphatic rings. The van der Waals surface area contributed by atoms with Gasteiger partial charge in [-0.25, -0.2) is 4.98 Å². The Morgan fingerprint density at radius 2 is 2.00 bits per heavy atom. The van der Waals surface area contributed by atoms with E-state index in [1.54, 1.807) is 4.52 Å². The zero-order valence-electron chi connectivity index (χ0n) is 12.1. The van der Waals surface area contributed by atoms with Crippen LogP contribution in [0.4, 0.5) is 5.82 Å². The van der Waals surface area contributed by atoms with Gasteiger partial charge in [-0.2, -0.15) is 9.50 Å². The maximum absolute atomic E-state index is 8.96. The van der Waals surface area contributed by atoms with Crippen molar-refractivity contribution >= 4 is 23.2 Å². The smallest absolute Gasteiger partial charge is 0.254 e. The summed E-state index contributed by atoms with van der Waals surface area (Å²) in [6.07, 6.45) is 0.610. The summed E-state index contributed by atoms with van der Waals surface area (Å²) >= 11 is 5.89. The van der Waals surface area contributed by atoms with E-state index in [1.165, 1.54) is 0 Å². The molecule has 0 atom stereocenters. The van der Waals surface area contributed by atoms with E-state index in [-0.39, 0.29) is 6.61 Å². The first kappa shape index (κ1) is 14.7. The highest BCUT2D eigenvalue weighted by Gasteiger charge is 2.10. The molecule has 0 amide bonds. The zero-order valence-corrected chi connectivity index (χ0v) is 12.9. The molecule has 0 aliphatic carbocycles. The molecule has 0 saturated heterocycles. The van der Waals surface area contributed by atoms with Gasteiger partial charge in [0.1, 0.15) is 5.82 Å². The summed E-state index contributed by atoms with van der Waals surface area (Å²) in [6, 6.07) is 9.49. The third-order valence-corrected chi connectivity index (χ3v) is 3.43. The third-order valence-electron chi connectivity index (χ3n) is 3.18. The van der Waals surface area contributed by atoms with E-state index in [0.29, 0.717) is 29.6 Å². The number of benzene rings is 1. The largest absolute Gasteiger partial charge is 0.395 e. The number of aromatic nitrogens is 4. The normalized spacial score (nSPS) is 11.0. The first-order chi connectivity index (χ1) is 10.7. The van der Waals surface area contributed by atoms with Crippen LogP contribution in [0.15, 0.2) is 30.3 Å². The molecule has 114 valence electrons. The number of nitrogens with one attached hydrogen (secondary N) is 1. The summed E-state index contributed by atoms with van der Waals surface area (Å²) < 4.78 is 1.66. The number of hydrogen-bond donors (Lipinski definition) is 2. The van der Waals surface area contributed by atoms with Crippen molar-refractivity contribution < 1.29 is 5.11 Å². The van der Waals surface area contributed by atoms with Crippen LogP contribution in [0, 0.1) is 6.92 Å². The second kappa shape index (κ2) is 6.29. The van der Waals surface area contributed by atoms with Crippen molar-refractivity contribution in [2.45, 2.75) is 13.3 Å². The van der Waals surface area contributed by atoms with Gasteiger partial charge in [-0.3, -0.25) is 0 Å². The van der Waals surface area contributed by atoms with Crippen LogP contribution in [0.1, 0.15) is 17.1 Å². The minimum Gasteiger partial charge on any atom is -0.395 e. The first-order valence-electron chi connectivity index (χ1n) is 6.98. The van der Waals surface area contributed by atoms with Crippen molar-refractivity contribution in [2.24, 2.45) is 0 Å². The van der Waals surface area contributed by atoms with Crippen LogP contribution in [0.2, 0.25) is 5.02 Å². The van der Waals surface area contributed by atoms with Crippen molar-refractivity contribution in [3.8, 4) is 0 Å². The molecule has 2 aromatic heterocycles. The minimum atomic E-state index is 0.0508. The molecule has 22 heavy (non-hydrogen) atoms. The van der Waals surface area contributed by atoms with Gasteiger partial charge in [0, 0.05) is 29.7 Å². The molecule has 3 aromatic rings. The molecule has 3 rings (SSSR count). The van der Waals surface area contributed by atoms with Gasteiger partial charge in [0.2, 0.25) is 0 Å². The molecule has 0 spiro atoms. The number of anilines is 1. The number of halogens is 1. The van der Waals surface area contributed by atoms with Gasteiger partial charge >= 0.3 is 0 Å². The van der Waals surface area contributed by atoms with E-state index in [1.807, 2.05) is 37.3 Å². The van der Waals surface area contributed by atoms with Gasteiger partial charge in [0.05, 0.1) is 6.61 Å². The molecular weight excluding hydrogens is 302 g/mol. The summed E-state index contributed by atoms with van der Waals surface area (Å²) in [5, 5.41) is 17.3. The van der Waals surface area contributed by atoms with E-state index in [2.05, 4.69) is 20.4 Å². The van der Waals surface area contributed by atoms with Gasteiger partial charge in [0.25, 0.3) is 5.78 Å². The van der Waals surface area contributed by atoms with Crippen LogP contribution in [0.3, 0.4) is 0 Å². The van der Waals surface area contributed by atoms with E-state index < -0.39 is 0 Å². The van der Waals surface area contributed by atoms with Crippen LogP contribution in [0.25, 0.3) is 5.78 Å². The van der Waals surface area contributed by atoms with Crippen molar-refractivity contribution in [3.63, 3.8) is 0 Å². The summed E-state index contributed by atoms with van der Waals surface area (Å²) in [7, 11) is 0. The molecule has 0 bridgehead atoms. The molecular formula is C15H16ClN5O. The zero-order chi connectivity index (χ0) is 15.5. The van der Waals surface area contributed by atoms with Crippen LogP contribution in [0.5, 0.6) is 0 Å². The van der Waals surface area contributed by atoms with Crippen LogP contribution >= 0.6 is 11.6 Å². The average Bonchev–Trinajstić information content (AvgIpc) is 2.89. The standard InChI is InChI=1S/C15H16ClN5O/c1-10-8-14(17-6-7-22)21-15(18-10)19-13(20-21)9-11-2-4-12(16)5-3-11/h2-5,8,17,22H,6-7,9H2,1H3. The van der Waals surface area contributed by atoms with Crippen LogP contribution in [-0.4, -0.2) is 37.8 Å². The fourth-order valence-electron chi connectivity index (χ4n) is 2.20. The van der Waals surface area contributed by atoms with E-state index in [0.717, 1.165) is 17.1 Å². The number of aliphatic hydroxyl groups excluding tert-OH is 1. The Labute approximate surface area is 132 Å². The summed E-state index contributed by atoms with van der Waals surface area (Å²) in [6.45, 7) is 2.40. The fourth-order valence-corrected chi connectivity index (χ4v) is 2.32. The lowest BCUT2D eigenvalue weighted by Crippen LogP contribution is -2.10. The fraction of sp³-hybridized carbons (Fsp3) is 0.267. The molecule has 6 nitrogen and oxygen atoms in total. The minimum absolute atomic E-state index is 0.0508. The topological polar surface area (TPSA) is 75.3 Å². The van der Waals surface area contributed by atoms with Crippen molar-refractivity contribution in [1.82, 2.24) is 19.6 Å². The van der Waals surface area contributed by atoms with Crippen molar-refractivity contribution in [3.05, 3.63) is 52.4 Å². The Balaban J connectivity index is 1.93. The third kappa shape index (κ3) is 3.18. The molecule has 0 unspecified atom stereocenters. The van der Waals surface area contributed by atoms with Gasteiger partial charge < -0.3 is 10.4 Å². The Kier molecular flexibility index (Phi) is 4.22. The van der Waals surface area contributed by atoms with Crippen molar-refractivity contribution in [2.75, 3.05) is 18.5 Å². The molecule has 7 heteroatoms. The molecule has 2 N–H and O–H groups in total. The quantitative estimate of drug-likeness (QED) is 0.753. The lowest BCUT2D eigenvalue weighted by Gasteiger charge is -2.06. The molecule has 1 aromatic carbocycles. The van der Waals surface area contributed by atoms with Crippen molar-refractivity contribution in [1.29, 1.82) is 0 Å². The Morgan fingerprint density at radius 3 is 2.73 bits per heavy atom. The number of aliphatic hydroxyl groups is 1. The van der Waals surface area contributed by atoms with Crippen LogP contribution < -0.4 is 5.32 Å². The molecule has 0 saturated carbocycles. The van der Waals surface area contributed by atoms with Gasteiger partial charge in [-0.1, -0.05) is 23.7 Å². The average molecular weight is 318 g/mol. The van der Waals surface area contributed by atoms with Crippen LogP contribution in [-0.2, 0) is 6.42 Å². The Hall–Kier alpha value is -2.18. The maximum Gasteiger partial charge on any atom is 0.254 e. The predicted octanol–water partition coefficient (Wildman–Crippen LogP) is 2.08. The molecule has 0 fully saturated rings. The van der Waals surface area contributed by atoms with Gasteiger partial charge in [-0.15, -0.1) is 5.10 Å². The number of aryl methyl sites for hydroxylation is 1. The highest BCUT2D eigenvalue weighted by molar-refractivity contribution is 6.30. The number of hydrogen-bond acceptors (Lipinski definition) is 5. The second-order valence-corrected chi connectivity index (χ2v) is 5.41. The highest BCUT2D eigenvalue weighted by atomic mass is 35.5. The van der Waals surface area contributed by atoms with Gasteiger partial charge in [-0.05, 0) is 24.6 Å². The summed E-state index contributed by atoms with van der Waals surface area (Å²) in [4.78, 5) is 8.85. The molecule has 0 radical (unpaired) electrons. The SMILES string of the molecule is Cc1cc(NCCO)n2nc(Cc3ccc(Cl)cc3)nc2n1. The monoisotopic (exact) mass is 317 g/mol. The second-order valence-electron chi connectivity index (χ2n) is 4.98. The number of nitrogens with zero attached hydrogens (tertiary/aromatic N) is 4. The lowest BCUT2D eigenvalue weighted by molar-refractivity contribution is 0.311. The summed E-state index contributed by atoms with van der Waals surface area (Å²) in [5.74, 6) is 2.00. The Morgan fingerprint density at radius 1 is 1.23 bits per heavy atom. The number of fused-ring (bicyclic) bond motifs is 1. The summed E-state index contributed by atoms with van der Waals surface area (Å²) in [5.41, 5.74) is 1.93. The van der Waals surface area contributed by atoms with Gasteiger partial charge in [0.15, 0.2) is 5.82 Å². The first-order valence-corrected chi connectivity index (χ1v) is 7.36. The van der Waals surface area contributed by atoms with E-state index in [9.17, 15) is 0 Å². The van der Waals surface area contributed by atoms with E-state index in [4.69, 9.17) is 16.7 Å². The lowest BCUT2D eigenvalue weighted by atomic mass is 10.1. The number of rotatable bonds is 5. The predicted molar refractivity (Wildman–Crippen MR) is 85.4 cm³/mol. The molecule has 2 heterocycles. The highest BCUT2D eigenvalue weighted by Crippen LogP contribution is 2.15. The maximum atomic E-state index is 8.96. The van der Waals surface area contributed by atoms with E-state index >= 15 is 0 Å². The molecule has 0 aliphatic heterocycles.